The summed E-state index contributed by atoms with van der Waals surface area (Å²) in [5.74, 6) is 1.59. The van der Waals surface area contributed by atoms with Crippen LogP contribution in [0.25, 0.3) is 0 Å². The van der Waals surface area contributed by atoms with Crippen LogP contribution in [0.5, 0.6) is 17.2 Å². The molecule has 194 valence electrons. The van der Waals surface area contributed by atoms with E-state index in [4.69, 9.17) is 14.2 Å². The van der Waals surface area contributed by atoms with Crippen LogP contribution in [0.4, 0.5) is 0 Å². The first-order valence-corrected chi connectivity index (χ1v) is 12.9. The smallest absolute Gasteiger partial charge is 0.251 e. The maximum absolute atomic E-state index is 12.9. The molecule has 2 aromatic rings. The van der Waals surface area contributed by atoms with Crippen molar-refractivity contribution in [1.82, 2.24) is 14.5 Å². The highest BCUT2D eigenvalue weighted by Crippen LogP contribution is 2.28. The molecule has 0 spiro atoms. The van der Waals surface area contributed by atoms with E-state index in [2.05, 4.69) is 10.2 Å². The normalized spacial score (nSPS) is 14.6. The second kappa shape index (κ2) is 13.5. The lowest BCUT2D eigenvalue weighted by atomic mass is 10.2. The molecule has 3 rings (SSSR count). The fraction of sp³-hybridized carbons (Fsp3) is 0.458. The van der Waals surface area contributed by atoms with Gasteiger partial charge in [-0.2, -0.15) is 4.31 Å². The number of nitrogens with one attached hydrogen (secondary N) is 1. The number of sulfonamides is 1. The Morgan fingerprint density at radius 2 is 1.57 bits per heavy atom. The van der Waals surface area contributed by atoms with E-state index < -0.39 is 10.0 Å². The summed E-state index contributed by atoms with van der Waals surface area (Å²) in [4.78, 5) is 15.0. The van der Waals surface area contributed by atoms with Crippen molar-refractivity contribution in [2.45, 2.75) is 18.7 Å². The Morgan fingerprint density at radius 3 is 2.17 bits per heavy atom. The standard InChI is InChI=1S/C24H33N3O6S.ClH/c1-4-32-22-11-6-19(18-23(22)33-5-2)24(28)25-12-13-26-14-16-27(17-15-26)34(29,30)21-9-7-20(31-3)8-10-21;/h6-11,18H,4-5,12-17H2,1-3H3,(H,25,28);1H. The third-order valence-corrected chi connectivity index (χ3v) is 7.46. The van der Waals surface area contributed by atoms with Gasteiger partial charge in [-0.1, -0.05) is 0 Å². The monoisotopic (exact) mass is 527 g/mol. The van der Waals surface area contributed by atoms with Crippen molar-refractivity contribution in [3.8, 4) is 17.2 Å². The number of amides is 1. The lowest BCUT2D eigenvalue weighted by Gasteiger charge is -2.34. The quantitative estimate of drug-likeness (QED) is 0.480. The number of benzene rings is 2. The van der Waals surface area contributed by atoms with Crippen LogP contribution in [-0.4, -0.2) is 83.1 Å². The van der Waals surface area contributed by atoms with Crippen molar-refractivity contribution in [1.29, 1.82) is 0 Å². The van der Waals surface area contributed by atoms with Crippen LogP contribution in [0.3, 0.4) is 0 Å². The molecule has 11 heteroatoms. The Bertz CT molecular complexity index is 1060. The van der Waals surface area contributed by atoms with E-state index in [-0.39, 0.29) is 23.2 Å². The fourth-order valence-electron chi connectivity index (χ4n) is 3.71. The zero-order valence-corrected chi connectivity index (χ0v) is 22.0. The molecule has 0 unspecified atom stereocenters. The van der Waals surface area contributed by atoms with E-state index >= 15 is 0 Å². The SMILES string of the molecule is CCOc1ccc(C(=O)NCCN2CCN(S(=O)(=O)c3ccc(OC)cc3)CC2)cc1OCC.Cl. The van der Waals surface area contributed by atoms with E-state index in [0.717, 1.165) is 0 Å². The van der Waals surface area contributed by atoms with Gasteiger partial charge in [-0.25, -0.2) is 8.42 Å². The van der Waals surface area contributed by atoms with Gasteiger partial charge in [-0.05, 0) is 56.3 Å². The van der Waals surface area contributed by atoms with Gasteiger partial charge >= 0.3 is 0 Å². The number of carbonyl (C=O) groups is 1. The minimum Gasteiger partial charge on any atom is -0.497 e. The summed E-state index contributed by atoms with van der Waals surface area (Å²) in [6.07, 6.45) is 0. The van der Waals surface area contributed by atoms with E-state index in [1.807, 2.05) is 13.8 Å². The second-order valence-electron chi connectivity index (χ2n) is 7.70. The molecule has 0 saturated carbocycles. The number of halogens is 1. The van der Waals surface area contributed by atoms with Crippen molar-refractivity contribution >= 4 is 28.3 Å². The van der Waals surface area contributed by atoms with Crippen molar-refractivity contribution in [2.24, 2.45) is 0 Å². The molecule has 0 atom stereocenters. The number of methoxy groups -OCH3 is 1. The Morgan fingerprint density at radius 1 is 0.943 bits per heavy atom. The molecule has 1 aliphatic heterocycles. The lowest BCUT2D eigenvalue weighted by Crippen LogP contribution is -2.50. The molecule has 0 radical (unpaired) electrons. The highest BCUT2D eigenvalue weighted by molar-refractivity contribution is 7.89. The van der Waals surface area contributed by atoms with Crippen LogP contribution >= 0.6 is 12.4 Å². The van der Waals surface area contributed by atoms with Crippen molar-refractivity contribution < 1.29 is 27.4 Å². The molecule has 1 fully saturated rings. The maximum atomic E-state index is 12.9. The molecule has 1 aliphatic rings. The van der Waals surface area contributed by atoms with Gasteiger partial charge in [0, 0.05) is 44.8 Å². The Hall–Kier alpha value is -2.53. The van der Waals surface area contributed by atoms with Crippen LogP contribution in [0.15, 0.2) is 47.4 Å². The second-order valence-corrected chi connectivity index (χ2v) is 9.64. The van der Waals surface area contributed by atoms with E-state index in [1.54, 1.807) is 49.6 Å². The summed E-state index contributed by atoms with van der Waals surface area (Å²) in [7, 11) is -1.99. The molecule has 1 saturated heterocycles. The third kappa shape index (κ3) is 7.47. The maximum Gasteiger partial charge on any atom is 0.251 e. The van der Waals surface area contributed by atoms with Crippen LogP contribution in [0, 0.1) is 0 Å². The summed E-state index contributed by atoms with van der Waals surface area (Å²) in [5.41, 5.74) is 0.502. The van der Waals surface area contributed by atoms with Gasteiger partial charge in [0.15, 0.2) is 11.5 Å². The van der Waals surface area contributed by atoms with Crippen molar-refractivity contribution in [2.75, 3.05) is 59.6 Å². The van der Waals surface area contributed by atoms with E-state index in [1.165, 1.54) is 4.31 Å². The van der Waals surface area contributed by atoms with Gasteiger partial charge in [0.1, 0.15) is 5.75 Å². The molecule has 1 heterocycles. The molecule has 1 amide bonds. The average molecular weight is 528 g/mol. The Labute approximate surface area is 213 Å². The Kier molecular flexibility index (Phi) is 11.1. The molecule has 35 heavy (non-hydrogen) atoms. The molecule has 0 aliphatic carbocycles. The van der Waals surface area contributed by atoms with Gasteiger partial charge < -0.3 is 19.5 Å². The highest BCUT2D eigenvalue weighted by atomic mass is 35.5. The number of rotatable bonds is 11. The largest absolute Gasteiger partial charge is 0.497 e. The number of hydrogen-bond acceptors (Lipinski definition) is 7. The van der Waals surface area contributed by atoms with Gasteiger partial charge in [0.2, 0.25) is 10.0 Å². The number of carbonyl (C=O) groups excluding carboxylic acids is 1. The first-order chi connectivity index (χ1) is 16.4. The van der Waals surface area contributed by atoms with Gasteiger partial charge in [-0.3, -0.25) is 9.69 Å². The molecule has 0 aromatic heterocycles. The summed E-state index contributed by atoms with van der Waals surface area (Å²) >= 11 is 0. The minimum atomic E-state index is -3.54. The number of nitrogens with zero attached hydrogens (tertiary/aromatic N) is 2. The fourth-order valence-corrected chi connectivity index (χ4v) is 5.13. The molecule has 1 N–H and O–H groups in total. The number of piperazine rings is 1. The van der Waals surface area contributed by atoms with Gasteiger partial charge in [0.25, 0.3) is 5.91 Å². The topological polar surface area (TPSA) is 97.4 Å². The Balaban J connectivity index is 0.00000432. The van der Waals surface area contributed by atoms with Crippen LogP contribution in [0.1, 0.15) is 24.2 Å². The zero-order chi connectivity index (χ0) is 24.6. The summed E-state index contributed by atoms with van der Waals surface area (Å²) in [6.45, 7) is 7.86. The van der Waals surface area contributed by atoms with Gasteiger partial charge in [-0.15, -0.1) is 12.4 Å². The molecule has 9 nitrogen and oxygen atoms in total. The highest BCUT2D eigenvalue weighted by Gasteiger charge is 2.28. The summed E-state index contributed by atoms with van der Waals surface area (Å²) in [6, 6.07) is 11.6. The van der Waals surface area contributed by atoms with Gasteiger partial charge in [0.05, 0.1) is 25.2 Å². The molecule has 0 bridgehead atoms. The third-order valence-electron chi connectivity index (χ3n) is 5.55. The predicted octanol–water partition coefficient (Wildman–Crippen LogP) is 2.65. The molecule has 2 aromatic carbocycles. The van der Waals surface area contributed by atoms with E-state index in [0.29, 0.717) is 75.3 Å². The zero-order valence-electron chi connectivity index (χ0n) is 20.4. The predicted molar refractivity (Wildman–Crippen MR) is 137 cm³/mol. The number of ether oxygens (including phenoxy) is 3. The lowest BCUT2D eigenvalue weighted by molar-refractivity contribution is 0.0944. The molecular formula is C24H34ClN3O6S. The summed E-state index contributed by atoms with van der Waals surface area (Å²) < 4.78 is 43.5. The first-order valence-electron chi connectivity index (χ1n) is 11.4. The summed E-state index contributed by atoms with van der Waals surface area (Å²) in [5, 5.41) is 2.92. The molecular weight excluding hydrogens is 494 g/mol. The van der Waals surface area contributed by atoms with Crippen LogP contribution < -0.4 is 19.5 Å². The first kappa shape index (κ1) is 28.7. The van der Waals surface area contributed by atoms with Crippen molar-refractivity contribution in [3.05, 3.63) is 48.0 Å². The number of hydrogen-bond donors (Lipinski definition) is 1. The average Bonchev–Trinajstić information content (AvgIpc) is 2.85. The van der Waals surface area contributed by atoms with Crippen LogP contribution in [0.2, 0.25) is 0 Å². The van der Waals surface area contributed by atoms with E-state index in [9.17, 15) is 13.2 Å². The minimum absolute atomic E-state index is 0. The van der Waals surface area contributed by atoms with Crippen molar-refractivity contribution in [3.63, 3.8) is 0 Å². The van der Waals surface area contributed by atoms with Crippen LogP contribution in [-0.2, 0) is 10.0 Å².